The first kappa shape index (κ1) is 10.1. The van der Waals surface area contributed by atoms with Crippen LogP contribution in [0.25, 0.3) is 0 Å². The van der Waals surface area contributed by atoms with Gasteiger partial charge in [-0.05, 0) is 20.3 Å². The molecule has 0 saturated heterocycles. The Balaban J connectivity index is 3.85. The van der Waals surface area contributed by atoms with Crippen LogP contribution in [-0.2, 0) is 11.3 Å². The Kier molecular flexibility index (Phi) is 4.85. The van der Waals surface area contributed by atoms with E-state index in [1.54, 1.807) is 4.31 Å². The smallest absolute Gasteiger partial charge is 0.234 e. The van der Waals surface area contributed by atoms with Crippen LogP contribution in [0.5, 0.6) is 0 Å². The number of hydrogen-bond acceptors (Lipinski definition) is 1. The summed E-state index contributed by atoms with van der Waals surface area (Å²) >= 11 is -1.80. The third-order valence-corrected chi connectivity index (χ3v) is 2.23. The number of rotatable bonds is 4. The normalized spacial score (nSPS) is 14.6. The molecule has 10 heavy (non-hydrogen) atoms. The average molecular weight is 165 g/mol. The first-order valence-corrected chi connectivity index (χ1v) is 4.53. The summed E-state index contributed by atoms with van der Waals surface area (Å²) in [6, 6.07) is 0.144. The van der Waals surface area contributed by atoms with Crippen molar-refractivity contribution in [3.05, 3.63) is 0 Å². The molecule has 1 atom stereocenters. The van der Waals surface area contributed by atoms with Crippen molar-refractivity contribution in [2.75, 3.05) is 6.54 Å². The van der Waals surface area contributed by atoms with Crippen LogP contribution in [-0.4, -0.2) is 25.7 Å². The number of nitrogens with zero attached hydrogens (tertiary/aromatic N) is 1. The molecular formula is C6H15NO2S. The van der Waals surface area contributed by atoms with E-state index in [0.29, 0.717) is 6.54 Å². The third kappa shape index (κ3) is 3.29. The second kappa shape index (κ2) is 4.82. The van der Waals surface area contributed by atoms with E-state index in [-0.39, 0.29) is 6.04 Å². The first-order chi connectivity index (χ1) is 4.59. The molecule has 0 heterocycles. The zero-order chi connectivity index (χ0) is 8.15. The topological polar surface area (TPSA) is 40.5 Å². The maximum atomic E-state index is 10.6. The van der Waals surface area contributed by atoms with Crippen molar-refractivity contribution >= 4 is 11.3 Å². The Morgan fingerprint density at radius 3 is 2.20 bits per heavy atom. The lowest BCUT2D eigenvalue weighted by atomic mass is 10.4. The third-order valence-electron chi connectivity index (χ3n) is 1.22. The molecule has 1 unspecified atom stereocenters. The minimum absolute atomic E-state index is 0.144. The Hall–Kier alpha value is 0.0700. The molecule has 1 N–H and O–H groups in total. The maximum Gasteiger partial charge on any atom is 0.234 e. The molecule has 0 aliphatic heterocycles. The molecule has 0 rings (SSSR count). The van der Waals surface area contributed by atoms with Crippen LogP contribution in [0.1, 0.15) is 27.2 Å². The van der Waals surface area contributed by atoms with Crippen LogP contribution < -0.4 is 0 Å². The molecule has 0 bridgehead atoms. The van der Waals surface area contributed by atoms with Gasteiger partial charge in [0.2, 0.25) is 11.3 Å². The van der Waals surface area contributed by atoms with Crippen molar-refractivity contribution in [3.8, 4) is 0 Å². The van der Waals surface area contributed by atoms with Crippen LogP contribution in [0.15, 0.2) is 0 Å². The molecule has 62 valence electrons. The van der Waals surface area contributed by atoms with E-state index in [9.17, 15) is 4.21 Å². The molecule has 0 aliphatic rings. The fraction of sp³-hybridized carbons (Fsp3) is 1.00. The molecule has 0 saturated carbocycles. The molecule has 0 aromatic carbocycles. The van der Waals surface area contributed by atoms with Gasteiger partial charge in [0, 0.05) is 12.6 Å². The minimum Gasteiger partial charge on any atom is -0.294 e. The predicted molar refractivity (Wildman–Crippen MR) is 42.9 cm³/mol. The van der Waals surface area contributed by atoms with Gasteiger partial charge in [-0.3, -0.25) is 4.55 Å². The first-order valence-electron chi connectivity index (χ1n) is 3.47. The van der Waals surface area contributed by atoms with Gasteiger partial charge in [0.25, 0.3) is 0 Å². The van der Waals surface area contributed by atoms with Crippen LogP contribution in [0, 0.1) is 0 Å². The van der Waals surface area contributed by atoms with E-state index in [2.05, 4.69) is 0 Å². The zero-order valence-electron chi connectivity index (χ0n) is 6.70. The van der Waals surface area contributed by atoms with E-state index in [1.807, 2.05) is 20.8 Å². The molecule has 0 amide bonds. The Morgan fingerprint density at radius 1 is 1.60 bits per heavy atom. The monoisotopic (exact) mass is 165 g/mol. The Bertz CT molecular complexity index is 116. The predicted octanol–water partition coefficient (Wildman–Crippen LogP) is 1.24. The van der Waals surface area contributed by atoms with Gasteiger partial charge in [-0.15, -0.1) is 0 Å². The van der Waals surface area contributed by atoms with E-state index in [1.165, 1.54) is 0 Å². The SMILES string of the molecule is CCCN(C(C)C)S(=O)O. The van der Waals surface area contributed by atoms with Crippen molar-refractivity contribution in [1.82, 2.24) is 4.31 Å². The molecule has 3 nitrogen and oxygen atoms in total. The van der Waals surface area contributed by atoms with Crippen LogP contribution in [0.3, 0.4) is 0 Å². The lowest BCUT2D eigenvalue weighted by Crippen LogP contribution is -2.32. The summed E-state index contributed by atoms with van der Waals surface area (Å²) in [5.74, 6) is 0. The van der Waals surface area contributed by atoms with Gasteiger partial charge in [0.1, 0.15) is 0 Å². The Labute approximate surface area is 64.8 Å². The average Bonchev–Trinajstić information content (AvgIpc) is 1.81. The van der Waals surface area contributed by atoms with Gasteiger partial charge in [-0.2, -0.15) is 4.31 Å². The minimum atomic E-state index is -1.80. The van der Waals surface area contributed by atoms with Crippen molar-refractivity contribution in [2.24, 2.45) is 0 Å². The fourth-order valence-corrected chi connectivity index (χ4v) is 1.44. The van der Waals surface area contributed by atoms with Gasteiger partial charge in [0.05, 0.1) is 0 Å². The zero-order valence-corrected chi connectivity index (χ0v) is 7.52. The highest BCUT2D eigenvalue weighted by Gasteiger charge is 2.12. The van der Waals surface area contributed by atoms with E-state index >= 15 is 0 Å². The van der Waals surface area contributed by atoms with Crippen molar-refractivity contribution in [2.45, 2.75) is 33.2 Å². The summed E-state index contributed by atoms with van der Waals surface area (Å²) in [6.45, 7) is 6.48. The summed E-state index contributed by atoms with van der Waals surface area (Å²) < 4.78 is 20.8. The molecule has 0 fully saturated rings. The lowest BCUT2D eigenvalue weighted by molar-refractivity contribution is 0.344. The highest BCUT2D eigenvalue weighted by Crippen LogP contribution is 2.01. The van der Waals surface area contributed by atoms with Crippen molar-refractivity contribution in [1.29, 1.82) is 0 Å². The summed E-state index contributed by atoms with van der Waals surface area (Å²) in [4.78, 5) is 0. The second-order valence-corrected chi connectivity index (χ2v) is 3.40. The highest BCUT2D eigenvalue weighted by molar-refractivity contribution is 7.76. The molecule has 0 aromatic rings. The largest absolute Gasteiger partial charge is 0.294 e. The van der Waals surface area contributed by atoms with Crippen molar-refractivity contribution in [3.63, 3.8) is 0 Å². The maximum absolute atomic E-state index is 10.6. The quantitative estimate of drug-likeness (QED) is 0.637. The van der Waals surface area contributed by atoms with Crippen LogP contribution in [0.2, 0.25) is 0 Å². The molecule has 0 aromatic heterocycles. The van der Waals surface area contributed by atoms with Gasteiger partial charge < -0.3 is 0 Å². The second-order valence-electron chi connectivity index (χ2n) is 2.47. The highest BCUT2D eigenvalue weighted by atomic mass is 32.2. The van der Waals surface area contributed by atoms with Crippen LogP contribution in [0.4, 0.5) is 0 Å². The summed E-state index contributed by atoms with van der Waals surface area (Å²) in [7, 11) is 0. The van der Waals surface area contributed by atoms with E-state index < -0.39 is 11.3 Å². The summed E-state index contributed by atoms with van der Waals surface area (Å²) in [6.07, 6.45) is 0.907. The summed E-state index contributed by atoms with van der Waals surface area (Å²) in [5, 5.41) is 0. The standard InChI is InChI=1S/C6H15NO2S/c1-4-5-7(6(2)3)10(8)9/h6H,4-5H2,1-3H3,(H,8,9). The molecule has 0 aliphatic carbocycles. The van der Waals surface area contributed by atoms with Gasteiger partial charge in [-0.25, -0.2) is 4.21 Å². The van der Waals surface area contributed by atoms with E-state index in [0.717, 1.165) is 6.42 Å². The molecule has 4 heteroatoms. The lowest BCUT2D eigenvalue weighted by Gasteiger charge is -2.20. The molecule has 0 radical (unpaired) electrons. The van der Waals surface area contributed by atoms with Gasteiger partial charge in [-0.1, -0.05) is 6.92 Å². The van der Waals surface area contributed by atoms with Gasteiger partial charge >= 0.3 is 0 Å². The van der Waals surface area contributed by atoms with Crippen LogP contribution >= 0.6 is 0 Å². The fourth-order valence-electron chi connectivity index (χ4n) is 0.737. The molecular weight excluding hydrogens is 150 g/mol. The number of hydrogen-bond donors (Lipinski definition) is 1. The Morgan fingerprint density at radius 2 is 2.10 bits per heavy atom. The van der Waals surface area contributed by atoms with E-state index in [4.69, 9.17) is 4.55 Å². The summed E-state index contributed by atoms with van der Waals surface area (Å²) in [5.41, 5.74) is 0. The van der Waals surface area contributed by atoms with Crippen molar-refractivity contribution < 1.29 is 8.76 Å². The van der Waals surface area contributed by atoms with Gasteiger partial charge in [0.15, 0.2) is 0 Å². The molecule has 0 spiro atoms.